The largest absolute Gasteiger partial charge is 0.372 e. The first-order valence-electron chi connectivity index (χ1n) is 11.5. The lowest BCUT2D eigenvalue weighted by molar-refractivity contribution is 0.416. The molecule has 0 atom stereocenters. The normalized spacial score (nSPS) is 14.0. The minimum atomic E-state index is 0.715. The zero-order valence-corrected chi connectivity index (χ0v) is 21.5. The molecule has 0 radical (unpaired) electrons. The van der Waals surface area contributed by atoms with Gasteiger partial charge >= 0.3 is 0 Å². The first kappa shape index (κ1) is 28.6. The van der Waals surface area contributed by atoms with Gasteiger partial charge in [0.2, 0.25) is 0 Å². The average Bonchev–Trinajstić information content (AvgIpc) is 3.59. The van der Waals surface area contributed by atoms with E-state index in [0.717, 1.165) is 35.3 Å². The third-order valence-electron chi connectivity index (χ3n) is 4.84. The number of allylic oxidation sites excluding steroid dienone is 3. The van der Waals surface area contributed by atoms with Gasteiger partial charge in [-0.1, -0.05) is 38.7 Å². The Hall–Kier alpha value is -2.42. The molecule has 0 aromatic carbocycles. The Morgan fingerprint density at radius 1 is 1.13 bits per heavy atom. The lowest BCUT2D eigenvalue weighted by Gasteiger charge is -2.22. The third-order valence-corrected chi connectivity index (χ3v) is 4.84. The number of hydrogen-bond donors (Lipinski definition) is 0. The fourth-order valence-electron chi connectivity index (χ4n) is 2.97. The van der Waals surface area contributed by atoms with E-state index in [9.17, 15) is 0 Å². The number of fused-ring (bicyclic) bond motifs is 1. The summed E-state index contributed by atoms with van der Waals surface area (Å²) in [7, 11) is 2.12. The van der Waals surface area contributed by atoms with E-state index in [-0.39, 0.29) is 0 Å². The molecule has 0 bridgehead atoms. The molecule has 0 N–H and O–H groups in total. The molecule has 172 valence electrons. The maximum absolute atomic E-state index is 4.47. The van der Waals surface area contributed by atoms with E-state index in [0.29, 0.717) is 6.04 Å². The van der Waals surface area contributed by atoms with Gasteiger partial charge in [0.25, 0.3) is 0 Å². The summed E-state index contributed by atoms with van der Waals surface area (Å²) in [4.78, 5) is 11.1. The van der Waals surface area contributed by atoms with Gasteiger partial charge in [-0.25, -0.2) is 0 Å². The van der Waals surface area contributed by atoms with Gasteiger partial charge in [0, 0.05) is 36.4 Å². The summed E-state index contributed by atoms with van der Waals surface area (Å²) in [5.74, 6) is 0. The van der Waals surface area contributed by atoms with E-state index < -0.39 is 0 Å². The minimum absolute atomic E-state index is 0.715. The Kier molecular flexibility index (Phi) is 14.2. The summed E-state index contributed by atoms with van der Waals surface area (Å²) in [6, 6.07) is 2.91. The molecule has 3 nitrogen and oxygen atoms in total. The summed E-state index contributed by atoms with van der Waals surface area (Å²) in [5.41, 5.74) is 5.72. The fourth-order valence-corrected chi connectivity index (χ4v) is 2.97. The zero-order chi connectivity index (χ0) is 24.0. The lowest BCUT2D eigenvalue weighted by atomic mass is 10.1. The van der Waals surface area contributed by atoms with Gasteiger partial charge in [-0.3, -0.25) is 9.98 Å². The number of aromatic nitrogens is 1. The van der Waals surface area contributed by atoms with Crippen LogP contribution in [0.2, 0.25) is 0 Å². The van der Waals surface area contributed by atoms with Crippen LogP contribution in [0.25, 0.3) is 12.2 Å². The Morgan fingerprint density at radius 3 is 2.19 bits per heavy atom. The van der Waals surface area contributed by atoms with E-state index >= 15 is 0 Å². The molecule has 0 saturated heterocycles. The molecule has 31 heavy (non-hydrogen) atoms. The second-order valence-electron chi connectivity index (χ2n) is 7.94. The van der Waals surface area contributed by atoms with Crippen LogP contribution >= 0.6 is 0 Å². The monoisotopic (exact) mass is 423 g/mol. The quantitative estimate of drug-likeness (QED) is 0.321. The Morgan fingerprint density at radius 2 is 1.68 bits per heavy atom. The molecule has 2 aliphatic carbocycles. The van der Waals surface area contributed by atoms with E-state index in [4.69, 9.17) is 0 Å². The van der Waals surface area contributed by atoms with E-state index in [2.05, 4.69) is 67.1 Å². The number of aliphatic imine (C=N–C) groups is 1. The number of nitrogens with zero attached hydrogens (tertiary/aromatic N) is 3. The van der Waals surface area contributed by atoms with Crippen molar-refractivity contribution in [3.05, 3.63) is 64.6 Å². The summed E-state index contributed by atoms with van der Waals surface area (Å²) in [5, 5.41) is 2.46. The van der Waals surface area contributed by atoms with Crippen LogP contribution in [-0.2, 0) is 0 Å². The smallest absolute Gasteiger partial charge is 0.0659 e. The van der Waals surface area contributed by atoms with Gasteiger partial charge in [-0.2, -0.15) is 0 Å². The molecule has 1 fully saturated rings. The van der Waals surface area contributed by atoms with Crippen molar-refractivity contribution < 1.29 is 0 Å². The van der Waals surface area contributed by atoms with Crippen LogP contribution in [0.3, 0.4) is 0 Å². The van der Waals surface area contributed by atoms with Crippen molar-refractivity contribution in [3.8, 4) is 0 Å². The van der Waals surface area contributed by atoms with Crippen LogP contribution in [0.15, 0.2) is 53.5 Å². The molecular weight excluding hydrogens is 378 g/mol. The highest BCUT2D eigenvalue weighted by atomic mass is 15.2. The van der Waals surface area contributed by atoms with Crippen LogP contribution in [0, 0.1) is 6.92 Å². The molecule has 1 saturated carbocycles. The highest BCUT2D eigenvalue weighted by molar-refractivity contribution is 5.80. The predicted molar refractivity (Wildman–Crippen MR) is 141 cm³/mol. The average molecular weight is 424 g/mol. The van der Waals surface area contributed by atoms with Crippen LogP contribution in [0.5, 0.6) is 0 Å². The number of aryl methyl sites for hydroxylation is 1. The van der Waals surface area contributed by atoms with Crippen molar-refractivity contribution in [2.24, 2.45) is 4.99 Å². The summed E-state index contributed by atoms with van der Waals surface area (Å²) >= 11 is 0. The molecule has 0 spiro atoms. The molecule has 2 aliphatic rings. The molecule has 1 aromatic rings. The van der Waals surface area contributed by atoms with E-state index in [1.165, 1.54) is 29.2 Å². The molecule has 0 amide bonds. The van der Waals surface area contributed by atoms with Crippen molar-refractivity contribution in [1.29, 1.82) is 0 Å². The first-order chi connectivity index (χ1) is 14.7. The van der Waals surface area contributed by atoms with E-state index in [1.54, 1.807) is 6.08 Å². The van der Waals surface area contributed by atoms with Crippen molar-refractivity contribution in [2.45, 2.75) is 87.1 Å². The highest BCUT2D eigenvalue weighted by Gasteiger charge is 2.27. The molecule has 0 aliphatic heterocycles. The number of rotatable bonds is 4. The Balaban J connectivity index is 0.000000493. The van der Waals surface area contributed by atoms with Crippen molar-refractivity contribution >= 4 is 17.9 Å². The minimum Gasteiger partial charge on any atom is -0.372 e. The van der Waals surface area contributed by atoms with Crippen LogP contribution in [-0.4, -0.2) is 28.7 Å². The topological polar surface area (TPSA) is 28.5 Å². The number of likely N-dealkylation sites (N-methyl/N-ethyl adjacent to an activating group) is 1. The van der Waals surface area contributed by atoms with Crippen molar-refractivity contribution in [2.75, 3.05) is 7.05 Å². The maximum atomic E-state index is 4.47. The van der Waals surface area contributed by atoms with Crippen LogP contribution < -0.4 is 10.6 Å². The fraction of sp³-hybridized carbons (Fsp3) is 0.500. The SMILES string of the molecule is C=C(/C(C)=C(/C)N=C(C)C)N(C)C1CC1.C=CC.CC.Cc1cnc2c(c1)=CCCC=2. The van der Waals surface area contributed by atoms with Gasteiger partial charge in [-0.05, 0) is 89.6 Å². The summed E-state index contributed by atoms with van der Waals surface area (Å²) < 4.78 is 0. The molecule has 3 heteroatoms. The predicted octanol–water partition coefficient (Wildman–Crippen LogP) is 6.33. The van der Waals surface area contributed by atoms with Crippen LogP contribution in [0.1, 0.15) is 79.7 Å². The standard InChI is InChI=1S/C13H22N2.C10H11N.C3H6.C2H6/c1-9(2)14-11(4)10(3)12(5)15(6)13-7-8-13;1-8-6-9-4-2-3-5-10(9)11-7-8;1-3-2;1-2/h13H,5,7-8H2,1-4,6H3;4-7H,2-3H2,1H3;3H,1H2,2H3;1-2H3/b11-10-;;;. The molecule has 3 rings (SSSR count). The van der Waals surface area contributed by atoms with Crippen LogP contribution in [0.4, 0.5) is 0 Å². The second-order valence-corrected chi connectivity index (χ2v) is 7.94. The van der Waals surface area contributed by atoms with Gasteiger partial charge in [0.05, 0.1) is 5.35 Å². The molecule has 1 heterocycles. The van der Waals surface area contributed by atoms with Gasteiger partial charge < -0.3 is 4.90 Å². The summed E-state index contributed by atoms with van der Waals surface area (Å²) in [6.07, 6.45) is 13.1. The number of hydrogen-bond acceptors (Lipinski definition) is 3. The molecular formula is C28H45N3. The first-order valence-corrected chi connectivity index (χ1v) is 11.5. The highest BCUT2D eigenvalue weighted by Crippen LogP contribution is 2.30. The van der Waals surface area contributed by atoms with Crippen molar-refractivity contribution in [1.82, 2.24) is 9.88 Å². The summed E-state index contributed by atoms with van der Waals surface area (Å²) in [6.45, 7) is 23.7. The van der Waals surface area contributed by atoms with Gasteiger partial charge in [0.15, 0.2) is 0 Å². The molecule has 0 unspecified atom stereocenters. The van der Waals surface area contributed by atoms with Gasteiger partial charge in [0.1, 0.15) is 0 Å². The maximum Gasteiger partial charge on any atom is 0.0659 e. The lowest BCUT2D eigenvalue weighted by Crippen LogP contribution is -2.29. The third kappa shape index (κ3) is 11.0. The Bertz CT molecular complexity index is 879. The van der Waals surface area contributed by atoms with E-state index in [1.807, 2.05) is 47.7 Å². The second kappa shape index (κ2) is 15.4. The Labute approximate surface area is 191 Å². The zero-order valence-electron chi connectivity index (χ0n) is 21.5. The number of pyridine rings is 1. The molecule has 1 aromatic heterocycles. The van der Waals surface area contributed by atoms with Gasteiger partial charge in [-0.15, -0.1) is 6.58 Å². The van der Waals surface area contributed by atoms with Crippen molar-refractivity contribution in [3.63, 3.8) is 0 Å².